The van der Waals surface area contributed by atoms with Gasteiger partial charge in [-0.25, -0.2) is 0 Å². The molecule has 0 spiro atoms. The van der Waals surface area contributed by atoms with Crippen LogP contribution in [0.4, 0.5) is 0 Å². The molecule has 1 aromatic heterocycles. The lowest BCUT2D eigenvalue weighted by Crippen LogP contribution is -2.31. The molecule has 0 saturated carbocycles. The standard InChI is InChI=1S/C12H15BrN2OS/c1-12(2,7-16-3)15-10-5-4-8(13)6-9(10)14-11(15)17/h4-6H,7H2,1-3H3,(H,14,17). The molecule has 0 fully saturated rings. The van der Waals surface area contributed by atoms with Crippen LogP contribution in [0, 0.1) is 4.77 Å². The largest absolute Gasteiger partial charge is 0.382 e. The summed E-state index contributed by atoms with van der Waals surface area (Å²) in [6.07, 6.45) is 0. The van der Waals surface area contributed by atoms with Crippen LogP contribution in [0.15, 0.2) is 22.7 Å². The van der Waals surface area contributed by atoms with Gasteiger partial charge in [0, 0.05) is 11.6 Å². The van der Waals surface area contributed by atoms with E-state index >= 15 is 0 Å². The highest BCUT2D eigenvalue weighted by Crippen LogP contribution is 2.26. The fraction of sp³-hybridized carbons (Fsp3) is 0.417. The van der Waals surface area contributed by atoms with Crippen molar-refractivity contribution in [2.24, 2.45) is 0 Å². The molecule has 0 aliphatic heterocycles. The Balaban J connectivity index is 2.69. The van der Waals surface area contributed by atoms with Crippen LogP contribution in [0.5, 0.6) is 0 Å². The maximum absolute atomic E-state index is 5.40. The Morgan fingerprint density at radius 1 is 1.47 bits per heavy atom. The quantitative estimate of drug-likeness (QED) is 0.872. The first kappa shape index (κ1) is 12.8. The highest BCUT2D eigenvalue weighted by molar-refractivity contribution is 9.10. The molecule has 1 heterocycles. The highest BCUT2D eigenvalue weighted by Gasteiger charge is 2.23. The Bertz CT molecular complexity index is 600. The molecule has 0 bridgehead atoms. The molecule has 92 valence electrons. The fourth-order valence-corrected chi connectivity index (χ4v) is 2.92. The summed E-state index contributed by atoms with van der Waals surface area (Å²) in [5.74, 6) is 0. The minimum atomic E-state index is -0.169. The minimum absolute atomic E-state index is 0.169. The van der Waals surface area contributed by atoms with Gasteiger partial charge in [0.2, 0.25) is 0 Å². The molecule has 5 heteroatoms. The van der Waals surface area contributed by atoms with Gasteiger partial charge in [0.25, 0.3) is 0 Å². The van der Waals surface area contributed by atoms with Crippen LogP contribution in [0.25, 0.3) is 11.0 Å². The van der Waals surface area contributed by atoms with Crippen LogP contribution in [-0.2, 0) is 10.3 Å². The highest BCUT2D eigenvalue weighted by atomic mass is 79.9. The van der Waals surface area contributed by atoms with Crippen LogP contribution in [0.2, 0.25) is 0 Å². The van der Waals surface area contributed by atoms with Crippen LogP contribution >= 0.6 is 28.1 Å². The number of halogens is 1. The van der Waals surface area contributed by atoms with Crippen molar-refractivity contribution >= 4 is 39.2 Å². The van der Waals surface area contributed by atoms with E-state index in [1.54, 1.807) is 7.11 Å². The number of rotatable bonds is 3. The van der Waals surface area contributed by atoms with Gasteiger partial charge < -0.3 is 14.3 Å². The number of H-pyrrole nitrogens is 1. The first-order valence-electron chi connectivity index (χ1n) is 5.35. The average molecular weight is 315 g/mol. The predicted molar refractivity (Wildman–Crippen MR) is 76.0 cm³/mol. The summed E-state index contributed by atoms with van der Waals surface area (Å²) in [6, 6.07) is 6.11. The van der Waals surface area contributed by atoms with Gasteiger partial charge in [-0.05, 0) is 44.3 Å². The summed E-state index contributed by atoms with van der Waals surface area (Å²) < 4.78 is 9.13. The molecule has 0 saturated heterocycles. The van der Waals surface area contributed by atoms with Gasteiger partial charge in [-0.1, -0.05) is 15.9 Å². The molecule has 0 radical (unpaired) electrons. The molecule has 0 amide bonds. The second-order valence-electron chi connectivity index (χ2n) is 4.67. The van der Waals surface area contributed by atoms with E-state index in [2.05, 4.69) is 45.4 Å². The van der Waals surface area contributed by atoms with Crippen LogP contribution < -0.4 is 0 Å². The normalized spacial score (nSPS) is 12.2. The second-order valence-corrected chi connectivity index (χ2v) is 5.97. The lowest BCUT2D eigenvalue weighted by atomic mass is 10.1. The Morgan fingerprint density at radius 3 is 2.82 bits per heavy atom. The molecule has 0 unspecified atom stereocenters. The summed E-state index contributed by atoms with van der Waals surface area (Å²) in [4.78, 5) is 3.22. The summed E-state index contributed by atoms with van der Waals surface area (Å²) in [7, 11) is 1.71. The third-order valence-electron chi connectivity index (χ3n) is 2.75. The Morgan fingerprint density at radius 2 is 2.18 bits per heavy atom. The Labute approximate surface area is 114 Å². The monoisotopic (exact) mass is 314 g/mol. The molecule has 3 nitrogen and oxygen atoms in total. The minimum Gasteiger partial charge on any atom is -0.382 e. The van der Waals surface area contributed by atoms with Crippen molar-refractivity contribution in [3.8, 4) is 0 Å². The van der Waals surface area contributed by atoms with Gasteiger partial charge >= 0.3 is 0 Å². The number of nitrogens with one attached hydrogen (secondary N) is 1. The van der Waals surface area contributed by atoms with Gasteiger partial charge in [-0.15, -0.1) is 0 Å². The lowest BCUT2D eigenvalue weighted by molar-refractivity contribution is 0.111. The van der Waals surface area contributed by atoms with Crippen molar-refractivity contribution < 1.29 is 4.74 Å². The lowest BCUT2D eigenvalue weighted by Gasteiger charge is -2.26. The predicted octanol–water partition coefficient (Wildman–Crippen LogP) is 3.84. The number of nitrogens with zero attached hydrogens (tertiary/aromatic N) is 1. The van der Waals surface area contributed by atoms with Crippen LogP contribution in [-0.4, -0.2) is 23.3 Å². The molecule has 1 N–H and O–H groups in total. The number of imidazole rings is 1. The number of hydrogen-bond acceptors (Lipinski definition) is 2. The summed E-state index contributed by atoms with van der Waals surface area (Å²) in [5.41, 5.74) is 1.96. The molecule has 17 heavy (non-hydrogen) atoms. The molecular formula is C12H15BrN2OS. The van der Waals surface area contributed by atoms with Crippen molar-refractivity contribution in [1.82, 2.24) is 9.55 Å². The zero-order valence-electron chi connectivity index (χ0n) is 10.1. The first-order valence-corrected chi connectivity index (χ1v) is 6.55. The van der Waals surface area contributed by atoms with Gasteiger partial charge in [0.1, 0.15) is 0 Å². The van der Waals surface area contributed by atoms with Crippen LogP contribution in [0.3, 0.4) is 0 Å². The molecule has 2 aromatic rings. The van der Waals surface area contributed by atoms with E-state index in [1.807, 2.05) is 12.1 Å². The van der Waals surface area contributed by atoms with Crippen LogP contribution in [0.1, 0.15) is 13.8 Å². The number of aromatic nitrogens is 2. The second kappa shape index (κ2) is 4.55. The fourth-order valence-electron chi connectivity index (χ4n) is 2.10. The molecule has 0 aliphatic carbocycles. The van der Waals surface area contributed by atoms with E-state index in [1.165, 1.54) is 0 Å². The van der Waals surface area contributed by atoms with Gasteiger partial charge in [0.15, 0.2) is 4.77 Å². The number of fused-ring (bicyclic) bond motifs is 1. The zero-order valence-corrected chi connectivity index (χ0v) is 12.5. The number of benzene rings is 1. The average Bonchev–Trinajstić information content (AvgIpc) is 2.53. The number of hydrogen-bond donors (Lipinski definition) is 1. The summed E-state index contributed by atoms with van der Waals surface area (Å²) in [5, 5.41) is 0. The van der Waals surface area contributed by atoms with Crippen molar-refractivity contribution in [1.29, 1.82) is 0 Å². The summed E-state index contributed by atoms with van der Waals surface area (Å²) >= 11 is 8.85. The third-order valence-corrected chi connectivity index (χ3v) is 3.52. The van der Waals surface area contributed by atoms with E-state index < -0.39 is 0 Å². The molecule has 0 atom stereocenters. The van der Waals surface area contributed by atoms with Gasteiger partial charge in [-0.3, -0.25) is 0 Å². The van der Waals surface area contributed by atoms with E-state index in [4.69, 9.17) is 17.0 Å². The third kappa shape index (κ3) is 2.32. The number of methoxy groups -OCH3 is 1. The van der Waals surface area contributed by atoms with Gasteiger partial charge in [-0.2, -0.15) is 0 Å². The first-order chi connectivity index (χ1) is 7.95. The number of ether oxygens (including phenoxy) is 1. The van der Waals surface area contributed by atoms with E-state index in [9.17, 15) is 0 Å². The maximum atomic E-state index is 5.40. The SMILES string of the molecule is COCC(C)(C)n1c(=S)[nH]c2cc(Br)ccc21. The maximum Gasteiger partial charge on any atom is 0.178 e. The molecule has 0 aliphatic rings. The van der Waals surface area contributed by atoms with Gasteiger partial charge in [0.05, 0.1) is 23.2 Å². The molecule has 1 aromatic carbocycles. The van der Waals surface area contributed by atoms with E-state index in [0.717, 1.165) is 20.3 Å². The van der Waals surface area contributed by atoms with E-state index in [0.29, 0.717) is 6.61 Å². The van der Waals surface area contributed by atoms with Crippen molar-refractivity contribution in [3.05, 3.63) is 27.4 Å². The van der Waals surface area contributed by atoms with E-state index in [-0.39, 0.29) is 5.54 Å². The van der Waals surface area contributed by atoms with Crippen molar-refractivity contribution in [3.63, 3.8) is 0 Å². The smallest absolute Gasteiger partial charge is 0.178 e. The topological polar surface area (TPSA) is 29.9 Å². The Kier molecular flexibility index (Phi) is 3.43. The number of aromatic amines is 1. The Hall–Kier alpha value is -0.650. The molecular weight excluding hydrogens is 300 g/mol. The van der Waals surface area contributed by atoms with Crippen molar-refractivity contribution in [2.75, 3.05) is 13.7 Å². The van der Waals surface area contributed by atoms with Crippen molar-refractivity contribution in [2.45, 2.75) is 19.4 Å². The zero-order chi connectivity index (χ0) is 12.6. The summed E-state index contributed by atoms with van der Waals surface area (Å²) in [6.45, 7) is 4.84. The molecule has 2 rings (SSSR count).